The number of amides is 2. The van der Waals surface area contributed by atoms with Crippen molar-refractivity contribution < 1.29 is 31.9 Å². The summed E-state index contributed by atoms with van der Waals surface area (Å²) in [6.45, 7) is 3.04. The quantitative estimate of drug-likeness (QED) is 0.164. The zero-order chi connectivity index (χ0) is 35.8. The van der Waals surface area contributed by atoms with E-state index in [2.05, 4.69) is 5.32 Å². The lowest BCUT2D eigenvalue weighted by atomic mass is 10.0. The molecule has 5 rings (SSSR count). The fraction of sp³-hybridized carbons (Fsp3) is 0.333. The van der Waals surface area contributed by atoms with Crippen LogP contribution in [0.4, 0.5) is 10.1 Å². The predicted molar refractivity (Wildman–Crippen MR) is 191 cm³/mol. The molecule has 1 N–H and O–H groups in total. The molecule has 1 atom stereocenters. The van der Waals surface area contributed by atoms with Gasteiger partial charge in [0.05, 0.1) is 24.8 Å². The molecule has 0 radical (unpaired) electrons. The third kappa shape index (κ3) is 8.81. The number of aryl methyl sites for hydroxylation is 2. The molecule has 1 fully saturated rings. The van der Waals surface area contributed by atoms with Crippen molar-refractivity contribution in [1.29, 1.82) is 0 Å². The van der Waals surface area contributed by atoms with Crippen LogP contribution in [0.3, 0.4) is 0 Å². The highest BCUT2D eigenvalue weighted by atomic mass is 32.2. The summed E-state index contributed by atoms with van der Waals surface area (Å²) in [6.07, 6.45) is 3.90. The lowest BCUT2D eigenvalue weighted by Gasteiger charge is -2.34. The van der Waals surface area contributed by atoms with Crippen molar-refractivity contribution in [2.45, 2.75) is 69.5 Å². The van der Waals surface area contributed by atoms with Gasteiger partial charge in [-0.2, -0.15) is 0 Å². The van der Waals surface area contributed by atoms with Crippen molar-refractivity contribution in [2.24, 2.45) is 0 Å². The highest BCUT2D eigenvalue weighted by molar-refractivity contribution is 7.92. The number of nitrogens with one attached hydrogen (secondary N) is 1. The normalized spacial score (nSPS) is 13.8. The number of hydrogen-bond donors (Lipinski definition) is 1. The first-order valence-electron chi connectivity index (χ1n) is 16.7. The Balaban J connectivity index is 1.60. The molecule has 1 aliphatic carbocycles. The Morgan fingerprint density at radius 2 is 1.48 bits per heavy atom. The first-order chi connectivity index (χ1) is 24.0. The SMILES string of the molecule is COc1ccc(S(=O)(=O)N(CC(=O)N(Cc2ccc(F)cc2)[C@@H](Cc2ccccc2)C(=O)NC2CCCC2)c2cc(C)cc(C)c2)cc1OC. The first kappa shape index (κ1) is 36.4. The Morgan fingerprint density at radius 1 is 0.840 bits per heavy atom. The van der Waals surface area contributed by atoms with Gasteiger partial charge in [-0.3, -0.25) is 13.9 Å². The molecule has 4 aromatic carbocycles. The number of carbonyl (C=O) groups is 2. The zero-order valence-corrected chi connectivity index (χ0v) is 29.7. The van der Waals surface area contributed by atoms with Gasteiger partial charge >= 0.3 is 0 Å². The van der Waals surface area contributed by atoms with Crippen LogP contribution < -0.4 is 19.1 Å². The van der Waals surface area contributed by atoms with E-state index in [-0.39, 0.29) is 35.6 Å². The summed E-state index contributed by atoms with van der Waals surface area (Å²) in [5, 5.41) is 3.16. The minimum Gasteiger partial charge on any atom is -0.493 e. The summed E-state index contributed by atoms with van der Waals surface area (Å²) < 4.78 is 54.9. The summed E-state index contributed by atoms with van der Waals surface area (Å²) in [4.78, 5) is 30.2. The van der Waals surface area contributed by atoms with E-state index in [0.29, 0.717) is 17.0 Å². The van der Waals surface area contributed by atoms with Gasteiger partial charge in [0, 0.05) is 25.1 Å². The molecule has 11 heteroatoms. The maximum atomic E-state index is 14.8. The summed E-state index contributed by atoms with van der Waals surface area (Å²) in [5.74, 6) is -0.793. The van der Waals surface area contributed by atoms with Crippen LogP contribution in [0.15, 0.2) is 95.9 Å². The summed E-state index contributed by atoms with van der Waals surface area (Å²) in [6, 6.07) is 23.7. The standard InChI is InChI=1S/C39H44FN3O6S/c1-27-20-28(2)22-33(21-27)43(50(46,47)34-18-19-36(48-3)37(24-34)49-4)26-38(44)42(25-30-14-16-31(40)17-15-30)35(23-29-10-6-5-7-11-29)39(45)41-32-12-8-9-13-32/h5-7,10-11,14-22,24,32,35H,8-9,12-13,23,25-26H2,1-4H3,(H,41,45)/t35-/m0/s1. The number of sulfonamides is 1. The molecule has 0 spiro atoms. The molecule has 0 aliphatic heterocycles. The number of carbonyl (C=O) groups excluding carboxylic acids is 2. The Kier molecular flexibility index (Phi) is 11.8. The van der Waals surface area contributed by atoms with E-state index in [1.165, 1.54) is 49.5 Å². The molecule has 264 valence electrons. The molecule has 0 saturated heterocycles. The molecule has 0 aromatic heterocycles. The molecule has 1 aliphatic rings. The van der Waals surface area contributed by atoms with Gasteiger partial charge in [0.15, 0.2) is 11.5 Å². The Hall–Kier alpha value is -4.90. The second kappa shape index (κ2) is 16.2. The van der Waals surface area contributed by atoms with Crippen LogP contribution in [0.25, 0.3) is 0 Å². The fourth-order valence-electron chi connectivity index (χ4n) is 6.44. The number of benzene rings is 4. The predicted octanol–water partition coefficient (Wildman–Crippen LogP) is 6.35. The molecule has 50 heavy (non-hydrogen) atoms. The Morgan fingerprint density at radius 3 is 2.10 bits per heavy atom. The van der Waals surface area contributed by atoms with E-state index < -0.39 is 34.3 Å². The van der Waals surface area contributed by atoms with Crippen LogP contribution in [0.2, 0.25) is 0 Å². The number of rotatable bonds is 14. The van der Waals surface area contributed by atoms with Crippen LogP contribution in [0.5, 0.6) is 11.5 Å². The van der Waals surface area contributed by atoms with Gasteiger partial charge in [0.2, 0.25) is 11.8 Å². The zero-order valence-electron chi connectivity index (χ0n) is 28.9. The monoisotopic (exact) mass is 701 g/mol. The minimum absolute atomic E-state index is 0.0132. The molecule has 2 amide bonds. The van der Waals surface area contributed by atoms with Crippen LogP contribution in [0.1, 0.15) is 47.9 Å². The number of ether oxygens (including phenoxy) is 2. The van der Waals surface area contributed by atoms with Crippen molar-refractivity contribution in [3.05, 3.63) is 119 Å². The number of halogens is 1. The van der Waals surface area contributed by atoms with Crippen LogP contribution in [-0.2, 0) is 32.6 Å². The molecule has 0 heterocycles. The smallest absolute Gasteiger partial charge is 0.264 e. The number of hydrogen-bond acceptors (Lipinski definition) is 6. The summed E-state index contributed by atoms with van der Waals surface area (Å²) in [5.41, 5.74) is 3.33. The van der Waals surface area contributed by atoms with Gasteiger partial charge in [-0.15, -0.1) is 0 Å². The average Bonchev–Trinajstić information content (AvgIpc) is 3.62. The maximum absolute atomic E-state index is 14.8. The molecule has 0 bridgehead atoms. The third-order valence-corrected chi connectivity index (χ3v) is 10.7. The van der Waals surface area contributed by atoms with Crippen LogP contribution >= 0.6 is 0 Å². The Bertz CT molecular complexity index is 1880. The second-order valence-corrected chi connectivity index (χ2v) is 14.6. The molecule has 1 saturated carbocycles. The molecule has 4 aromatic rings. The lowest BCUT2D eigenvalue weighted by Crippen LogP contribution is -2.54. The van der Waals surface area contributed by atoms with Gasteiger partial charge in [0.25, 0.3) is 10.0 Å². The highest BCUT2D eigenvalue weighted by Gasteiger charge is 2.36. The van der Waals surface area contributed by atoms with Crippen LogP contribution in [0, 0.1) is 19.7 Å². The van der Waals surface area contributed by atoms with Gasteiger partial charge in [-0.1, -0.05) is 61.4 Å². The van der Waals surface area contributed by atoms with Crippen LogP contribution in [-0.4, -0.2) is 58.0 Å². The summed E-state index contributed by atoms with van der Waals surface area (Å²) >= 11 is 0. The largest absolute Gasteiger partial charge is 0.493 e. The maximum Gasteiger partial charge on any atom is 0.264 e. The van der Waals surface area contributed by atoms with E-state index in [9.17, 15) is 22.4 Å². The van der Waals surface area contributed by atoms with E-state index in [4.69, 9.17) is 9.47 Å². The Labute approximate surface area is 294 Å². The number of nitrogens with zero attached hydrogens (tertiary/aromatic N) is 2. The van der Waals surface area contributed by atoms with E-state index in [0.717, 1.165) is 46.7 Å². The lowest BCUT2D eigenvalue weighted by molar-refractivity contribution is -0.140. The first-order valence-corrected chi connectivity index (χ1v) is 18.1. The summed E-state index contributed by atoms with van der Waals surface area (Å²) in [7, 11) is -1.51. The van der Waals surface area contributed by atoms with Crippen molar-refractivity contribution in [3.63, 3.8) is 0 Å². The minimum atomic E-state index is -4.38. The fourth-order valence-corrected chi connectivity index (χ4v) is 7.85. The van der Waals surface area contributed by atoms with Crippen molar-refractivity contribution in [2.75, 3.05) is 25.1 Å². The average molecular weight is 702 g/mol. The second-order valence-electron chi connectivity index (χ2n) is 12.7. The van der Waals surface area contributed by atoms with Gasteiger partial charge in [-0.05, 0) is 85.3 Å². The molecular weight excluding hydrogens is 658 g/mol. The molecular formula is C39H44FN3O6S. The number of methoxy groups -OCH3 is 2. The highest BCUT2D eigenvalue weighted by Crippen LogP contribution is 2.33. The molecule has 9 nitrogen and oxygen atoms in total. The van der Waals surface area contributed by atoms with Crippen molar-refractivity contribution in [3.8, 4) is 11.5 Å². The van der Waals surface area contributed by atoms with Crippen molar-refractivity contribution >= 4 is 27.5 Å². The van der Waals surface area contributed by atoms with Gasteiger partial charge in [0.1, 0.15) is 18.4 Å². The van der Waals surface area contributed by atoms with Crippen molar-refractivity contribution in [1.82, 2.24) is 10.2 Å². The van der Waals surface area contributed by atoms with E-state index in [1.807, 2.05) is 50.2 Å². The number of anilines is 1. The van der Waals surface area contributed by atoms with Gasteiger partial charge < -0.3 is 19.7 Å². The van der Waals surface area contributed by atoms with E-state index >= 15 is 0 Å². The third-order valence-electron chi connectivity index (χ3n) is 8.96. The molecule has 0 unspecified atom stereocenters. The van der Waals surface area contributed by atoms with Gasteiger partial charge in [-0.25, -0.2) is 12.8 Å². The topological polar surface area (TPSA) is 105 Å². The van der Waals surface area contributed by atoms with E-state index in [1.54, 1.807) is 24.3 Å².